The molecule has 477 valence electrons. The van der Waals surface area contributed by atoms with Gasteiger partial charge in [0.05, 0.1) is 77.1 Å². The number of methoxy groups -OCH3 is 2. The number of nitrogens with zero attached hydrogens (tertiary/aromatic N) is 8. The van der Waals surface area contributed by atoms with E-state index >= 15 is 8.78 Å². The van der Waals surface area contributed by atoms with Crippen LogP contribution in [0.4, 0.5) is 13.2 Å². The number of aliphatic imine (C=N–C) groups is 1. The maximum Gasteiger partial charge on any atom is 0.243 e. The Balaban J connectivity index is 0.000000210. The zero-order valence-electron chi connectivity index (χ0n) is 48.0. The zero-order valence-corrected chi connectivity index (χ0v) is 50.4. The third-order valence-corrected chi connectivity index (χ3v) is 22.5. The first-order chi connectivity index (χ1) is 40.0. The molecule has 0 aliphatic carbocycles. The highest BCUT2D eigenvalue weighted by Gasteiger charge is 2.60. The molecule has 2 aromatic heterocycles. The van der Waals surface area contributed by atoms with E-state index < -0.39 is 79.9 Å². The largest absolute Gasteiger partial charge is 0.508 e. The van der Waals surface area contributed by atoms with Gasteiger partial charge in [-0.2, -0.15) is 9.97 Å². The number of rotatable bonds is 9. The van der Waals surface area contributed by atoms with E-state index in [1.807, 2.05) is 0 Å². The van der Waals surface area contributed by atoms with Crippen molar-refractivity contribution in [1.29, 1.82) is 0 Å². The number of nitrogens with one attached hydrogen (secondary N) is 2. The van der Waals surface area contributed by atoms with Crippen LogP contribution < -0.4 is 35.3 Å². The van der Waals surface area contributed by atoms with Gasteiger partial charge in [-0.3, -0.25) is 18.6 Å². The molecule has 8 heterocycles. The average Bonchev–Trinajstić information content (AvgIpc) is 0.862. The Morgan fingerprint density at radius 3 is 1.42 bits per heavy atom. The molecule has 11 rings (SSSR count). The molecule has 6 aliphatic rings. The van der Waals surface area contributed by atoms with Gasteiger partial charge in [0.1, 0.15) is 78.7 Å². The molecule has 0 spiro atoms. The van der Waals surface area contributed by atoms with Crippen LogP contribution in [0.15, 0.2) is 109 Å². The van der Waals surface area contributed by atoms with E-state index in [-0.39, 0.29) is 156 Å². The van der Waals surface area contributed by atoms with Gasteiger partial charge in [0.25, 0.3) is 0 Å². The van der Waals surface area contributed by atoms with Gasteiger partial charge >= 0.3 is 0 Å². The van der Waals surface area contributed by atoms with Crippen LogP contribution in [-0.4, -0.2) is 167 Å². The van der Waals surface area contributed by atoms with Crippen LogP contribution in [0.5, 0.6) is 40.8 Å². The number of ether oxygens (including phenoxy) is 7. The zero-order chi connectivity index (χ0) is 61.8. The van der Waals surface area contributed by atoms with Crippen LogP contribution in [0.25, 0.3) is 0 Å². The number of sulfonamides is 3. The number of guanidine groups is 1. The van der Waals surface area contributed by atoms with E-state index in [1.165, 1.54) is 109 Å². The monoisotopic (exact) mass is 1290 g/mol. The van der Waals surface area contributed by atoms with Gasteiger partial charge in [-0.05, 0) is 94.6 Å². The fraction of sp³-hybridized carbons (Fsp3) is 0.446. The summed E-state index contributed by atoms with van der Waals surface area (Å²) in [7, 11) is -4.39. The van der Waals surface area contributed by atoms with E-state index in [9.17, 15) is 34.8 Å². The molecule has 5 N–H and O–H groups in total. The first-order valence-corrected chi connectivity index (χ1v) is 30.8. The van der Waals surface area contributed by atoms with E-state index in [1.54, 1.807) is 20.8 Å². The lowest BCUT2D eigenvalue weighted by Gasteiger charge is -2.52. The lowest BCUT2D eigenvalue weighted by Crippen LogP contribution is -2.68. The van der Waals surface area contributed by atoms with Gasteiger partial charge in [-0.15, -0.1) is 0 Å². The van der Waals surface area contributed by atoms with Crippen LogP contribution in [0.2, 0.25) is 0 Å². The smallest absolute Gasteiger partial charge is 0.243 e. The van der Waals surface area contributed by atoms with Gasteiger partial charge < -0.3 is 54.6 Å². The first-order valence-electron chi connectivity index (χ1n) is 26.3. The summed E-state index contributed by atoms with van der Waals surface area (Å²) in [4.78, 5) is 20.6. The molecular weight excluding hydrogens is 1210 g/mol. The van der Waals surface area contributed by atoms with Crippen molar-refractivity contribution in [3.63, 3.8) is 0 Å². The summed E-state index contributed by atoms with van der Waals surface area (Å²) in [6.07, 6.45) is 5.21. The van der Waals surface area contributed by atoms with Crippen LogP contribution in [-0.2, 0) is 60.9 Å². The number of phenolic OH excluding ortho intramolecular Hbond substituents is 1. The Kier molecular flexibility index (Phi) is 20.7. The van der Waals surface area contributed by atoms with Crippen molar-refractivity contribution in [3.05, 3.63) is 138 Å². The molecule has 6 aliphatic heterocycles. The van der Waals surface area contributed by atoms with Gasteiger partial charge in [0.2, 0.25) is 59.5 Å². The predicted octanol–water partition coefficient (Wildman–Crippen LogP) is 5.64. The van der Waals surface area contributed by atoms with Crippen molar-refractivity contribution in [3.8, 4) is 40.8 Å². The van der Waals surface area contributed by atoms with Crippen LogP contribution >= 0.6 is 0 Å². The summed E-state index contributed by atoms with van der Waals surface area (Å²) in [5, 5.41) is 12.9. The topological polar surface area (TPSA) is 311 Å². The molecule has 3 radical (unpaired) electrons. The Labute approximate surface area is 512 Å². The second kappa shape index (κ2) is 26.2. The number of hydrogen-bond acceptors (Lipinski definition) is 22. The van der Waals surface area contributed by atoms with Gasteiger partial charge in [-0.1, -0.05) is 28.0 Å². The molecule has 9 atom stereocenters. The molecule has 0 saturated carbocycles. The minimum atomic E-state index is -3.90. The Bertz CT molecular complexity index is 3800. The second-order valence-electron chi connectivity index (χ2n) is 21.0. The Hall–Kier alpha value is -7.65. The SMILES string of the molecule is C.C.C=C1N[C@@]2(c3cc(O)ccc3F)CO[C@@H](C)C[C@H]2S(=O)(=O)N1C.C=C1N[C@@]2(c3cc(Oc4cncc(OC)n4)ccc3F)CO[C@@H](C)C[C@H]2S(=O)(=O)N1C.COc1cncc(Oc2ccc(F)c([C@]34CO[C@@H](C)C[C@H]3S(=O)(=O)N(C)C(N)=N4)c2)n1.[B]. The molecule has 0 unspecified atom stereocenters. The fourth-order valence-electron chi connectivity index (χ4n) is 11.0. The number of aromatic nitrogens is 4. The molecule has 0 bridgehead atoms. The van der Waals surface area contributed by atoms with E-state index in [2.05, 4.69) is 48.7 Å². The third-order valence-electron chi connectivity index (χ3n) is 15.7. The van der Waals surface area contributed by atoms with Crippen molar-refractivity contribution >= 4 is 44.4 Å². The van der Waals surface area contributed by atoms with E-state index in [0.717, 1.165) is 19.0 Å². The van der Waals surface area contributed by atoms with E-state index in [0.29, 0.717) is 0 Å². The van der Waals surface area contributed by atoms with Crippen LogP contribution in [0, 0.1) is 17.5 Å². The lowest BCUT2D eigenvalue weighted by atomic mass is 9.82. The normalized spacial score (nSPS) is 27.8. The van der Waals surface area contributed by atoms with Gasteiger partial charge in [0, 0.05) is 46.2 Å². The maximum atomic E-state index is 15.1. The summed E-state index contributed by atoms with van der Waals surface area (Å²) >= 11 is 0. The summed E-state index contributed by atoms with van der Waals surface area (Å²) in [5.74, 6) is -0.700. The molecule has 88 heavy (non-hydrogen) atoms. The van der Waals surface area contributed by atoms with Crippen molar-refractivity contribution in [2.75, 3.05) is 55.2 Å². The number of aromatic hydroxyl groups is 1. The molecule has 3 aromatic carbocycles. The van der Waals surface area contributed by atoms with Crippen molar-refractivity contribution < 1.29 is 76.7 Å². The average molecular weight is 1290 g/mol. The fourth-order valence-corrected chi connectivity index (χ4v) is 17.0. The summed E-state index contributed by atoms with van der Waals surface area (Å²) in [6, 6.07) is 11.6. The second-order valence-corrected chi connectivity index (χ2v) is 27.4. The number of phenols is 1. The van der Waals surface area contributed by atoms with Crippen LogP contribution in [0.3, 0.4) is 0 Å². The minimum Gasteiger partial charge on any atom is -0.508 e. The predicted molar refractivity (Wildman–Crippen MR) is 320 cm³/mol. The van der Waals surface area contributed by atoms with Gasteiger partial charge in [-0.25, -0.2) is 47.7 Å². The van der Waals surface area contributed by atoms with Crippen molar-refractivity contribution in [1.82, 2.24) is 43.5 Å². The summed E-state index contributed by atoms with van der Waals surface area (Å²) in [6.45, 7) is 12.6. The summed E-state index contributed by atoms with van der Waals surface area (Å²) < 4.78 is 165. The Morgan fingerprint density at radius 2 is 0.966 bits per heavy atom. The molecule has 5 aromatic rings. The standard InChI is InChI=1S/C20H23FN4O5S.C19H22FN5O5S.C15H19FN2O4S.2CH4.B/c1-12-7-17-20(11-29-12,24-13(2)25(3)31(17,26)27)15-8-14(5-6-16(15)21)30-19-10-22-9-18(23-19)28-4;1-11-6-15-19(10-29-11,24-18(21)25(2)31(15,26)27)13-7-12(4-5-14(13)20)30-17-9-22-8-16(23-17)28-3;1-9-6-14-15(8-22-9,12-7-11(19)4-5-13(12)16)17-10(2)18(3)23(14,20)21;;;/h5-6,8-10,12,17,24H,2,7,11H2,1,3-4H3;4-5,7-9,11,15H,6,10H2,1-3H3,(H2,21,24);4-5,7,9,14,17,19H,2,6,8H2,1,3H3;2*1H4;/t12-,17+,20+;11-,15+,19+;9-,14+,15+;;;/m000.../s1. The number of halogens is 3. The molecule has 25 nitrogen and oxygen atoms in total. The maximum absolute atomic E-state index is 15.1. The molecule has 32 heteroatoms. The van der Waals surface area contributed by atoms with E-state index in [4.69, 9.17) is 38.9 Å². The first kappa shape index (κ1) is 69.5. The Morgan fingerprint density at radius 1 is 0.591 bits per heavy atom. The van der Waals surface area contributed by atoms with Crippen molar-refractivity contribution in [2.24, 2.45) is 10.7 Å². The molecule has 0 amide bonds. The number of fused-ring (bicyclic) bond motifs is 3. The molecule has 5 saturated heterocycles. The number of hydrogen-bond donors (Lipinski definition) is 4. The van der Waals surface area contributed by atoms with Crippen LogP contribution in [0.1, 0.15) is 71.6 Å². The highest BCUT2D eigenvalue weighted by molar-refractivity contribution is 7.90. The number of nitrogens with two attached hydrogens (primary N) is 1. The highest BCUT2D eigenvalue weighted by atomic mass is 32.2. The van der Waals surface area contributed by atoms with Crippen molar-refractivity contribution in [2.45, 2.75) is 106 Å². The lowest BCUT2D eigenvalue weighted by molar-refractivity contribution is -0.0338. The third kappa shape index (κ3) is 12.7. The minimum absolute atomic E-state index is 0. The highest BCUT2D eigenvalue weighted by Crippen LogP contribution is 2.48. The number of benzene rings is 3. The summed E-state index contributed by atoms with van der Waals surface area (Å²) in [5.41, 5.74) is 1.86. The molecular formula is C56H72BF3N11O14S3. The molecule has 5 fully saturated rings. The van der Waals surface area contributed by atoms with Gasteiger partial charge in [0.15, 0.2) is 0 Å². The quantitative estimate of drug-likeness (QED) is 0.130.